The van der Waals surface area contributed by atoms with Crippen molar-refractivity contribution in [3.63, 3.8) is 0 Å². The average Bonchev–Trinajstić information content (AvgIpc) is 1.77. The fourth-order valence-corrected chi connectivity index (χ4v) is 0.462. The van der Waals surface area contributed by atoms with Crippen LogP contribution in [0.5, 0.6) is 0 Å². The SMILES string of the molecule is CC1C=CN=[C]C1=O. The summed E-state index contributed by atoms with van der Waals surface area (Å²) in [5.41, 5.74) is 0. The van der Waals surface area contributed by atoms with Gasteiger partial charge in [-0.2, -0.15) is 0 Å². The van der Waals surface area contributed by atoms with E-state index in [1.807, 2.05) is 6.92 Å². The zero-order valence-electron chi connectivity index (χ0n) is 4.59. The number of rotatable bonds is 0. The molecule has 0 amide bonds. The van der Waals surface area contributed by atoms with E-state index in [2.05, 4.69) is 11.2 Å². The van der Waals surface area contributed by atoms with Gasteiger partial charge in [-0.3, -0.25) is 9.79 Å². The Bertz CT molecular complexity index is 158. The van der Waals surface area contributed by atoms with E-state index in [1.165, 1.54) is 0 Å². The number of carbonyl (C=O) groups is 1. The normalized spacial score (nSPS) is 26.6. The molecule has 2 nitrogen and oxygen atoms in total. The first kappa shape index (κ1) is 5.22. The molecule has 0 saturated carbocycles. The molecule has 0 aromatic carbocycles. The number of Topliss-reactive ketones (excluding diaryl/α,β-unsaturated/α-hetero) is 1. The van der Waals surface area contributed by atoms with Crippen molar-refractivity contribution < 1.29 is 4.79 Å². The van der Waals surface area contributed by atoms with Gasteiger partial charge in [-0.25, -0.2) is 0 Å². The Kier molecular flexibility index (Phi) is 1.24. The molecule has 1 heterocycles. The van der Waals surface area contributed by atoms with Gasteiger partial charge in [0.05, 0.1) is 0 Å². The van der Waals surface area contributed by atoms with E-state index in [1.54, 1.807) is 12.3 Å². The summed E-state index contributed by atoms with van der Waals surface area (Å²) in [4.78, 5) is 14.1. The smallest absolute Gasteiger partial charge is 0.190 e. The average molecular weight is 108 g/mol. The number of carbonyl (C=O) groups excluding carboxylic acids is 1. The molecular weight excluding hydrogens is 102 g/mol. The van der Waals surface area contributed by atoms with Crippen LogP contribution in [0.25, 0.3) is 0 Å². The second-order valence-corrected chi connectivity index (χ2v) is 1.74. The van der Waals surface area contributed by atoms with Crippen molar-refractivity contribution in [2.45, 2.75) is 6.92 Å². The van der Waals surface area contributed by atoms with Crippen molar-refractivity contribution in [1.82, 2.24) is 0 Å². The quantitative estimate of drug-likeness (QED) is 0.448. The van der Waals surface area contributed by atoms with Crippen LogP contribution in [0.3, 0.4) is 0 Å². The summed E-state index contributed by atoms with van der Waals surface area (Å²) in [6, 6.07) is 0. The minimum atomic E-state index is -0.0347. The highest BCUT2D eigenvalue weighted by Gasteiger charge is 2.08. The van der Waals surface area contributed by atoms with Crippen molar-refractivity contribution in [3.05, 3.63) is 12.3 Å². The summed E-state index contributed by atoms with van der Waals surface area (Å²) in [7, 11) is 0. The number of hydrogen-bond acceptors (Lipinski definition) is 2. The zero-order valence-corrected chi connectivity index (χ0v) is 4.59. The lowest BCUT2D eigenvalue weighted by atomic mass is 10.1. The standard InChI is InChI=1S/C6H6NO/c1-5-2-3-7-4-6(5)8/h2-3,5H,1H3. The molecular formula is C6H6NO. The van der Waals surface area contributed by atoms with Gasteiger partial charge in [-0.1, -0.05) is 13.0 Å². The highest BCUT2D eigenvalue weighted by Crippen LogP contribution is 2.01. The highest BCUT2D eigenvalue weighted by atomic mass is 16.1. The van der Waals surface area contributed by atoms with E-state index in [9.17, 15) is 4.79 Å². The summed E-state index contributed by atoms with van der Waals surface area (Å²) < 4.78 is 0. The summed E-state index contributed by atoms with van der Waals surface area (Å²) in [6.45, 7) is 1.82. The lowest BCUT2D eigenvalue weighted by Gasteiger charge is -1.99. The number of nitrogens with zero attached hydrogens (tertiary/aromatic N) is 1. The van der Waals surface area contributed by atoms with Crippen LogP contribution in [0.15, 0.2) is 17.3 Å². The molecule has 1 aliphatic heterocycles. The molecule has 0 spiro atoms. The van der Waals surface area contributed by atoms with Crippen LogP contribution in [-0.2, 0) is 4.79 Å². The second-order valence-electron chi connectivity index (χ2n) is 1.74. The predicted molar refractivity (Wildman–Crippen MR) is 30.7 cm³/mol. The van der Waals surface area contributed by atoms with Crippen molar-refractivity contribution in [2.24, 2.45) is 10.9 Å². The van der Waals surface area contributed by atoms with E-state index in [0.717, 1.165) is 0 Å². The summed E-state index contributed by atoms with van der Waals surface area (Å²) in [5.74, 6) is -0.0556. The molecule has 1 radical (unpaired) electrons. The van der Waals surface area contributed by atoms with Gasteiger partial charge in [0.25, 0.3) is 0 Å². The molecule has 8 heavy (non-hydrogen) atoms. The van der Waals surface area contributed by atoms with Crippen LogP contribution in [0.4, 0.5) is 0 Å². The molecule has 1 unspecified atom stereocenters. The van der Waals surface area contributed by atoms with Crippen LogP contribution in [0.1, 0.15) is 6.92 Å². The van der Waals surface area contributed by atoms with Gasteiger partial charge in [-0.15, -0.1) is 0 Å². The van der Waals surface area contributed by atoms with Gasteiger partial charge >= 0.3 is 0 Å². The number of ketones is 1. The minimum absolute atomic E-state index is 0.0208. The lowest BCUT2D eigenvalue weighted by Crippen LogP contribution is -2.11. The van der Waals surface area contributed by atoms with E-state index in [0.29, 0.717) is 0 Å². The number of aliphatic imine (C=N–C) groups is 1. The lowest BCUT2D eigenvalue weighted by molar-refractivity contribution is -0.114. The molecule has 0 saturated heterocycles. The molecule has 0 aromatic heterocycles. The Morgan fingerprint density at radius 1 is 1.88 bits per heavy atom. The van der Waals surface area contributed by atoms with Gasteiger partial charge in [0.15, 0.2) is 5.78 Å². The third-order valence-electron chi connectivity index (χ3n) is 1.04. The molecule has 1 atom stereocenters. The van der Waals surface area contributed by atoms with Gasteiger partial charge in [0, 0.05) is 12.1 Å². The monoisotopic (exact) mass is 108 g/mol. The first-order valence-electron chi connectivity index (χ1n) is 2.47. The molecule has 0 aliphatic carbocycles. The first-order valence-corrected chi connectivity index (χ1v) is 2.47. The van der Waals surface area contributed by atoms with Crippen molar-refractivity contribution in [2.75, 3.05) is 0 Å². The van der Waals surface area contributed by atoms with E-state index < -0.39 is 0 Å². The van der Waals surface area contributed by atoms with Gasteiger partial charge in [0.2, 0.25) is 0 Å². The van der Waals surface area contributed by atoms with Crippen LogP contribution in [-0.4, -0.2) is 12.0 Å². The topological polar surface area (TPSA) is 29.4 Å². The number of hydrogen-bond donors (Lipinski definition) is 0. The molecule has 1 aliphatic rings. The third-order valence-corrected chi connectivity index (χ3v) is 1.04. The fraction of sp³-hybridized carbons (Fsp3) is 0.333. The van der Waals surface area contributed by atoms with Gasteiger partial charge < -0.3 is 0 Å². The summed E-state index contributed by atoms with van der Waals surface area (Å²) in [5, 5.41) is 0. The first-order chi connectivity index (χ1) is 3.80. The largest absolute Gasteiger partial charge is 0.292 e. The van der Waals surface area contributed by atoms with Crippen molar-refractivity contribution in [1.29, 1.82) is 0 Å². The van der Waals surface area contributed by atoms with E-state index >= 15 is 0 Å². The van der Waals surface area contributed by atoms with Crippen molar-refractivity contribution >= 4 is 12.0 Å². The molecule has 2 heteroatoms. The molecule has 0 bridgehead atoms. The molecule has 0 fully saturated rings. The maximum Gasteiger partial charge on any atom is 0.190 e. The third kappa shape index (κ3) is 0.832. The Morgan fingerprint density at radius 3 is 3.00 bits per heavy atom. The molecule has 0 N–H and O–H groups in total. The van der Waals surface area contributed by atoms with Crippen LogP contribution >= 0.6 is 0 Å². The van der Waals surface area contributed by atoms with Crippen molar-refractivity contribution in [3.8, 4) is 0 Å². The van der Waals surface area contributed by atoms with E-state index in [4.69, 9.17) is 0 Å². The highest BCUT2D eigenvalue weighted by molar-refractivity contribution is 6.29. The predicted octanol–water partition coefficient (Wildman–Crippen LogP) is 0.667. The second kappa shape index (κ2) is 1.90. The molecule has 1 rings (SSSR count). The minimum Gasteiger partial charge on any atom is -0.292 e. The van der Waals surface area contributed by atoms with Crippen LogP contribution < -0.4 is 0 Å². The maximum atomic E-state index is 10.5. The Hall–Kier alpha value is -0.920. The van der Waals surface area contributed by atoms with E-state index in [-0.39, 0.29) is 11.7 Å². The van der Waals surface area contributed by atoms with Crippen LogP contribution in [0, 0.1) is 5.92 Å². The number of allylic oxidation sites excluding steroid dienone is 1. The van der Waals surface area contributed by atoms with Gasteiger partial charge in [0.1, 0.15) is 6.21 Å². The summed E-state index contributed by atoms with van der Waals surface area (Å²) >= 11 is 0. The Balaban J connectivity index is 2.74. The molecule has 0 aromatic rings. The van der Waals surface area contributed by atoms with Crippen LogP contribution in [0.2, 0.25) is 0 Å². The van der Waals surface area contributed by atoms with Gasteiger partial charge in [-0.05, 0) is 0 Å². The summed E-state index contributed by atoms with van der Waals surface area (Å²) in [6.07, 6.45) is 5.67. The Labute approximate surface area is 47.9 Å². The Morgan fingerprint density at radius 2 is 2.62 bits per heavy atom. The molecule has 41 valence electrons. The fourth-order valence-electron chi connectivity index (χ4n) is 0.462. The zero-order chi connectivity index (χ0) is 5.98. The maximum absolute atomic E-state index is 10.5.